The number of ether oxygens (including phenoxy) is 2. The summed E-state index contributed by atoms with van der Waals surface area (Å²) in [4.78, 5) is 24.7. The van der Waals surface area contributed by atoms with Gasteiger partial charge in [0.25, 0.3) is 11.8 Å². The minimum absolute atomic E-state index is 0.114. The molecular weight excluding hydrogens is 392 g/mol. The van der Waals surface area contributed by atoms with Crippen LogP contribution in [0.2, 0.25) is 0 Å². The van der Waals surface area contributed by atoms with E-state index in [-0.39, 0.29) is 11.8 Å². The number of hydrogen-bond acceptors (Lipinski definition) is 4. The summed E-state index contributed by atoms with van der Waals surface area (Å²) in [7, 11) is 3.07. The molecule has 0 bridgehead atoms. The van der Waals surface area contributed by atoms with Gasteiger partial charge in [0.15, 0.2) is 11.5 Å². The van der Waals surface area contributed by atoms with Crippen LogP contribution in [0.3, 0.4) is 0 Å². The Hall–Kier alpha value is -3.80. The van der Waals surface area contributed by atoms with Crippen LogP contribution in [0.25, 0.3) is 0 Å². The number of carbonyl (C=O) groups is 2. The molecule has 3 rings (SSSR count). The Morgan fingerprint density at radius 1 is 0.710 bits per heavy atom. The number of amides is 2. The van der Waals surface area contributed by atoms with Crippen LogP contribution in [-0.2, 0) is 13.0 Å². The molecule has 160 valence electrons. The van der Waals surface area contributed by atoms with Crippen molar-refractivity contribution >= 4 is 11.8 Å². The van der Waals surface area contributed by atoms with Crippen LogP contribution < -0.4 is 20.1 Å². The van der Waals surface area contributed by atoms with Crippen molar-refractivity contribution in [3.63, 3.8) is 0 Å². The summed E-state index contributed by atoms with van der Waals surface area (Å²) in [6.07, 6.45) is 0.785. The molecule has 0 saturated heterocycles. The third kappa shape index (κ3) is 6.09. The number of hydrogen-bond donors (Lipinski definition) is 2. The topological polar surface area (TPSA) is 76.7 Å². The highest BCUT2D eigenvalue weighted by Gasteiger charge is 2.11. The maximum atomic E-state index is 12.4. The minimum Gasteiger partial charge on any atom is -0.493 e. The van der Waals surface area contributed by atoms with Crippen LogP contribution in [0.15, 0.2) is 72.8 Å². The quantitative estimate of drug-likeness (QED) is 0.557. The molecule has 3 aromatic carbocycles. The van der Waals surface area contributed by atoms with Gasteiger partial charge in [-0.25, -0.2) is 0 Å². The number of carbonyl (C=O) groups excluding carboxylic acids is 2. The zero-order valence-corrected chi connectivity index (χ0v) is 17.7. The van der Waals surface area contributed by atoms with Gasteiger partial charge in [0, 0.05) is 24.2 Å². The van der Waals surface area contributed by atoms with E-state index in [2.05, 4.69) is 10.6 Å². The molecule has 6 nitrogen and oxygen atoms in total. The zero-order valence-electron chi connectivity index (χ0n) is 17.7. The van der Waals surface area contributed by atoms with Crippen molar-refractivity contribution in [1.29, 1.82) is 0 Å². The van der Waals surface area contributed by atoms with Gasteiger partial charge >= 0.3 is 0 Å². The van der Waals surface area contributed by atoms with E-state index in [0.29, 0.717) is 35.7 Å². The molecule has 0 aromatic heterocycles. The van der Waals surface area contributed by atoms with Gasteiger partial charge in [0.2, 0.25) is 0 Å². The van der Waals surface area contributed by atoms with E-state index in [0.717, 1.165) is 12.0 Å². The normalized spacial score (nSPS) is 10.3. The second-order valence-electron chi connectivity index (χ2n) is 6.94. The van der Waals surface area contributed by atoms with Crippen LogP contribution in [0.5, 0.6) is 11.5 Å². The van der Waals surface area contributed by atoms with Crippen LogP contribution in [0.4, 0.5) is 0 Å². The van der Waals surface area contributed by atoms with E-state index >= 15 is 0 Å². The third-order valence-corrected chi connectivity index (χ3v) is 4.86. The molecule has 0 aliphatic carbocycles. The summed E-state index contributed by atoms with van der Waals surface area (Å²) in [5.74, 6) is 0.731. The maximum absolute atomic E-state index is 12.4. The first-order valence-corrected chi connectivity index (χ1v) is 10.0. The first-order valence-electron chi connectivity index (χ1n) is 10.0. The summed E-state index contributed by atoms with van der Waals surface area (Å²) in [6.45, 7) is 0.926. The Morgan fingerprint density at radius 2 is 1.35 bits per heavy atom. The second-order valence-corrected chi connectivity index (χ2v) is 6.94. The van der Waals surface area contributed by atoms with E-state index in [1.807, 2.05) is 42.5 Å². The standard InChI is InChI=1S/C25H26N2O4/c1-30-22-13-12-21(16-23(22)31-2)25(29)27-17-19-8-10-20(11-9-19)24(28)26-15-14-18-6-4-3-5-7-18/h3-13,16H,14-15,17H2,1-2H3,(H,26,28)(H,27,29). The van der Waals surface area contributed by atoms with E-state index in [4.69, 9.17) is 9.47 Å². The Labute approximate surface area is 182 Å². The van der Waals surface area contributed by atoms with Crippen molar-refractivity contribution in [2.24, 2.45) is 0 Å². The van der Waals surface area contributed by atoms with Crippen molar-refractivity contribution < 1.29 is 19.1 Å². The maximum Gasteiger partial charge on any atom is 0.251 e. The lowest BCUT2D eigenvalue weighted by Crippen LogP contribution is -2.26. The molecule has 2 N–H and O–H groups in total. The SMILES string of the molecule is COc1ccc(C(=O)NCc2ccc(C(=O)NCCc3ccccc3)cc2)cc1OC. The van der Waals surface area contributed by atoms with Crippen LogP contribution in [0, 0.1) is 0 Å². The Morgan fingerprint density at radius 3 is 2.03 bits per heavy atom. The summed E-state index contributed by atoms with van der Waals surface area (Å²) < 4.78 is 10.4. The van der Waals surface area contributed by atoms with Crippen molar-refractivity contribution in [3.8, 4) is 11.5 Å². The molecule has 0 aliphatic heterocycles. The van der Waals surface area contributed by atoms with Gasteiger partial charge in [-0.05, 0) is 47.9 Å². The summed E-state index contributed by atoms with van der Waals surface area (Å²) >= 11 is 0. The predicted molar refractivity (Wildman–Crippen MR) is 120 cm³/mol. The third-order valence-electron chi connectivity index (χ3n) is 4.86. The lowest BCUT2D eigenvalue weighted by molar-refractivity contribution is 0.0943. The van der Waals surface area contributed by atoms with E-state index in [9.17, 15) is 9.59 Å². The van der Waals surface area contributed by atoms with Crippen molar-refractivity contribution in [2.75, 3.05) is 20.8 Å². The first-order chi connectivity index (χ1) is 15.1. The largest absolute Gasteiger partial charge is 0.493 e. The summed E-state index contributed by atoms with van der Waals surface area (Å²) in [5.41, 5.74) is 3.15. The molecule has 0 saturated carbocycles. The van der Waals surface area contributed by atoms with Gasteiger partial charge in [-0.3, -0.25) is 9.59 Å². The van der Waals surface area contributed by atoms with Crippen LogP contribution >= 0.6 is 0 Å². The Bertz CT molecular complexity index is 1020. The van der Waals surface area contributed by atoms with Gasteiger partial charge in [-0.15, -0.1) is 0 Å². The fourth-order valence-corrected chi connectivity index (χ4v) is 3.10. The molecule has 0 fully saturated rings. The lowest BCUT2D eigenvalue weighted by Gasteiger charge is -2.10. The highest BCUT2D eigenvalue weighted by Crippen LogP contribution is 2.27. The molecule has 0 radical (unpaired) electrons. The van der Waals surface area contributed by atoms with Crippen molar-refractivity contribution in [3.05, 3.63) is 95.1 Å². The molecular formula is C25H26N2O4. The van der Waals surface area contributed by atoms with E-state index in [1.165, 1.54) is 12.7 Å². The molecule has 0 aliphatic rings. The number of nitrogens with one attached hydrogen (secondary N) is 2. The first kappa shape index (κ1) is 21.9. The fraction of sp³-hybridized carbons (Fsp3) is 0.200. The van der Waals surface area contributed by atoms with E-state index in [1.54, 1.807) is 37.4 Å². The summed E-state index contributed by atoms with van der Waals surface area (Å²) in [6, 6.07) is 22.2. The van der Waals surface area contributed by atoms with Crippen molar-refractivity contribution in [2.45, 2.75) is 13.0 Å². The Balaban J connectivity index is 1.49. The molecule has 6 heteroatoms. The number of methoxy groups -OCH3 is 2. The van der Waals surface area contributed by atoms with Crippen molar-refractivity contribution in [1.82, 2.24) is 10.6 Å². The molecule has 0 unspecified atom stereocenters. The molecule has 3 aromatic rings. The van der Waals surface area contributed by atoms with Gasteiger partial charge in [0.05, 0.1) is 14.2 Å². The molecule has 0 atom stereocenters. The molecule has 2 amide bonds. The molecule has 0 heterocycles. The molecule has 31 heavy (non-hydrogen) atoms. The van der Waals surface area contributed by atoms with Gasteiger partial charge < -0.3 is 20.1 Å². The zero-order chi connectivity index (χ0) is 22.1. The molecule has 0 spiro atoms. The van der Waals surface area contributed by atoms with Gasteiger partial charge in [-0.1, -0.05) is 42.5 Å². The summed E-state index contributed by atoms with van der Waals surface area (Å²) in [5, 5.41) is 5.80. The minimum atomic E-state index is -0.219. The fourth-order valence-electron chi connectivity index (χ4n) is 3.10. The van der Waals surface area contributed by atoms with Crippen LogP contribution in [0.1, 0.15) is 31.8 Å². The smallest absolute Gasteiger partial charge is 0.251 e. The average molecular weight is 418 g/mol. The Kier molecular flexibility index (Phi) is 7.65. The average Bonchev–Trinajstić information content (AvgIpc) is 2.83. The van der Waals surface area contributed by atoms with Crippen LogP contribution in [-0.4, -0.2) is 32.6 Å². The highest BCUT2D eigenvalue weighted by atomic mass is 16.5. The van der Waals surface area contributed by atoms with Gasteiger partial charge in [-0.2, -0.15) is 0 Å². The van der Waals surface area contributed by atoms with E-state index < -0.39 is 0 Å². The number of benzene rings is 3. The number of rotatable bonds is 9. The van der Waals surface area contributed by atoms with Gasteiger partial charge in [0.1, 0.15) is 0 Å². The monoisotopic (exact) mass is 418 g/mol. The second kappa shape index (κ2) is 10.8. The highest BCUT2D eigenvalue weighted by molar-refractivity contribution is 5.95. The lowest BCUT2D eigenvalue weighted by atomic mass is 10.1. The predicted octanol–water partition coefficient (Wildman–Crippen LogP) is 3.61.